The average molecular weight is 333 g/mol. The number of aromatic nitrogens is 1. The van der Waals surface area contributed by atoms with Gasteiger partial charge in [-0.25, -0.2) is 0 Å². The van der Waals surface area contributed by atoms with Crippen molar-refractivity contribution >= 4 is 11.8 Å². The molecule has 1 N–H and O–H groups in total. The summed E-state index contributed by atoms with van der Waals surface area (Å²) in [7, 11) is 3.20. The molecule has 1 aromatic heterocycles. The third-order valence-electron chi connectivity index (χ3n) is 5.29. The zero-order valence-corrected chi connectivity index (χ0v) is 14.3. The van der Waals surface area contributed by atoms with Gasteiger partial charge in [-0.1, -0.05) is 0 Å². The van der Waals surface area contributed by atoms with E-state index in [1.54, 1.807) is 31.5 Å². The van der Waals surface area contributed by atoms with Crippen molar-refractivity contribution in [1.82, 2.24) is 15.2 Å². The summed E-state index contributed by atoms with van der Waals surface area (Å²) in [5.41, 5.74) is 0.724. The zero-order valence-electron chi connectivity index (χ0n) is 14.3. The summed E-state index contributed by atoms with van der Waals surface area (Å²) >= 11 is 0. The van der Waals surface area contributed by atoms with Crippen LogP contribution in [0.5, 0.6) is 5.75 Å². The van der Waals surface area contributed by atoms with E-state index in [4.69, 9.17) is 9.47 Å². The van der Waals surface area contributed by atoms with Crippen LogP contribution in [0.15, 0.2) is 12.4 Å². The van der Waals surface area contributed by atoms with Gasteiger partial charge in [0.25, 0.3) is 5.91 Å². The largest absolute Gasteiger partial charge is 0.495 e. The van der Waals surface area contributed by atoms with Gasteiger partial charge in [0.05, 0.1) is 30.9 Å². The fraction of sp³-hybridized carbons (Fsp3) is 0.588. The van der Waals surface area contributed by atoms with Gasteiger partial charge in [-0.15, -0.1) is 0 Å². The van der Waals surface area contributed by atoms with Gasteiger partial charge < -0.3 is 19.7 Å². The Labute approximate surface area is 141 Å². The van der Waals surface area contributed by atoms with E-state index in [0.29, 0.717) is 44.0 Å². The van der Waals surface area contributed by atoms with Crippen LogP contribution in [0.1, 0.15) is 22.3 Å². The Morgan fingerprint density at radius 3 is 2.96 bits per heavy atom. The molecule has 2 aliphatic heterocycles. The van der Waals surface area contributed by atoms with Gasteiger partial charge in [0.1, 0.15) is 5.75 Å². The molecule has 0 unspecified atom stereocenters. The van der Waals surface area contributed by atoms with Crippen molar-refractivity contribution in [2.75, 3.05) is 40.5 Å². The fourth-order valence-electron chi connectivity index (χ4n) is 3.82. The summed E-state index contributed by atoms with van der Waals surface area (Å²) < 4.78 is 10.8. The maximum absolute atomic E-state index is 13.0. The Kier molecular flexibility index (Phi) is 4.45. The second-order valence-electron chi connectivity index (χ2n) is 6.46. The van der Waals surface area contributed by atoms with E-state index in [-0.39, 0.29) is 17.7 Å². The predicted octanol–water partition coefficient (Wildman–Crippen LogP) is 0.623. The van der Waals surface area contributed by atoms with Gasteiger partial charge in [0.2, 0.25) is 5.91 Å². The van der Waals surface area contributed by atoms with Crippen LogP contribution in [-0.4, -0.2) is 62.2 Å². The van der Waals surface area contributed by atoms with Crippen molar-refractivity contribution in [1.29, 1.82) is 0 Å². The summed E-state index contributed by atoms with van der Waals surface area (Å²) in [5.74, 6) is 0.485. The van der Waals surface area contributed by atoms with Crippen molar-refractivity contribution in [3.8, 4) is 5.75 Å². The predicted molar refractivity (Wildman–Crippen MR) is 86.9 cm³/mol. The SMILES string of the molecule is CNC(=O)[C@]12CCOC[C@H]1CN(C(=O)c1cncc(OC)c1C)C2. The molecule has 3 heterocycles. The van der Waals surface area contributed by atoms with E-state index in [2.05, 4.69) is 10.3 Å². The lowest BCUT2D eigenvalue weighted by atomic mass is 9.73. The molecule has 24 heavy (non-hydrogen) atoms. The second-order valence-corrected chi connectivity index (χ2v) is 6.46. The maximum atomic E-state index is 13.0. The fourth-order valence-corrected chi connectivity index (χ4v) is 3.82. The Hall–Kier alpha value is -2.15. The quantitative estimate of drug-likeness (QED) is 0.877. The van der Waals surface area contributed by atoms with Gasteiger partial charge in [0.15, 0.2) is 0 Å². The Bertz CT molecular complexity index is 663. The Morgan fingerprint density at radius 1 is 1.46 bits per heavy atom. The van der Waals surface area contributed by atoms with Gasteiger partial charge in [0, 0.05) is 44.4 Å². The lowest BCUT2D eigenvalue weighted by Crippen LogP contribution is -2.49. The molecule has 2 atom stereocenters. The molecule has 3 rings (SSSR count). The van der Waals surface area contributed by atoms with Crippen LogP contribution < -0.4 is 10.1 Å². The van der Waals surface area contributed by atoms with Crippen molar-refractivity contribution < 1.29 is 19.1 Å². The van der Waals surface area contributed by atoms with Crippen LogP contribution in [0.3, 0.4) is 0 Å². The van der Waals surface area contributed by atoms with Crippen LogP contribution in [0.4, 0.5) is 0 Å². The van der Waals surface area contributed by atoms with E-state index in [1.165, 1.54) is 0 Å². The van der Waals surface area contributed by atoms with Crippen molar-refractivity contribution in [2.24, 2.45) is 11.3 Å². The van der Waals surface area contributed by atoms with Crippen LogP contribution >= 0.6 is 0 Å². The highest BCUT2D eigenvalue weighted by Gasteiger charge is 2.54. The number of carbonyl (C=O) groups is 2. The molecule has 0 aromatic carbocycles. The smallest absolute Gasteiger partial charge is 0.255 e. The summed E-state index contributed by atoms with van der Waals surface area (Å²) in [6.45, 7) is 3.83. The monoisotopic (exact) mass is 333 g/mol. The molecule has 2 aliphatic rings. The first-order valence-corrected chi connectivity index (χ1v) is 8.11. The number of pyridine rings is 1. The highest BCUT2D eigenvalue weighted by molar-refractivity contribution is 5.97. The van der Waals surface area contributed by atoms with Gasteiger partial charge in [-0.05, 0) is 13.3 Å². The molecule has 0 radical (unpaired) electrons. The number of hydrogen-bond acceptors (Lipinski definition) is 5. The molecule has 0 spiro atoms. The number of carbonyl (C=O) groups excluding carboxylic acids is 2. The third kappa shape index (κ3) is 2.53. The summed E-state index contributed by atoms with van der Waals surface area (Å²) in [5, 5.41) is 2.76. The minimum absolute atomic E-state index is 0.00779. The first kappa shape index (κ1) is 16.7. The van der Waals surface area contributed by atoms with Crippen LogP contribution in [-0.2, 0) is 9.53 Å². The van der Waals surface area contributed by atoms with Crippen molar-refractivity contribution in [3.05, 3.63) is 23.5 Å². The molecule has 7 heteroatoms. The first-order valence-electron chi connectivity index (χ1n) is 8.11. The minimum Gasteiger partial charge on any atom is -0.495 e. The van der Waals surface area contributed by atoms with E-state index < -0.39 is 5.41 Å². The number of nitrogens with one attached hydrogen (secondary N) is 1. The molecule has 0 saturated carbocycles. The molecular weight excluding hydrogens is 310 g/mol. The second kappa shape index (κ2) is 6.39. The van der Waals surface area contributed by atoms with Gasteiger partial charge >= 0.3 is 0 Å². The number of ether oxygens (including phenoxy) is 2. The zero-order chi connectivity index (χ0) is 17.3. The molecule has 1 aromatic rings. The van der Waals surface area contributed by atoms with Crippen LogP contribution in [0, 0.1) is 18.3 Å². The summed E-state index contributed by atoms with van der Waals surface area (Å²) in [6, 6.07) is 0. The number of amides is 2. The van der Waals surface area contributed by atoms with Gasteiger partial charge in [-0.2, -0.15) is 0 Å². The van der Waals surface area contributed by atoms with E-state index in [9.17, 15) is 9.59 Å². The molecule has 0 aliphatic carbocycles. The Morgan fingerprint density at radius 2 is 2.25 bits per heavy atom. The van der Waals surface area contributed by atoms with Gasteiger partial charge in [-0.3, -0.25) is 14.6 Å². The number of likely N-dealkylation sites (tertiary alicyclic amines) is 1. The summed E-state index contributed by atoms with van der Waals surface area (Å²) in [6.07, 6.45) is 3.79. The molecule has 2 saturated heterocycles. The number of hydrogen-bond donors (Lipinski definition) is 1. The summed E-state index contributed by atoms with van der Waals surface area (Å²) in [4.78, 5) is 31.3. The van der Waals surface area contributed by atoms with E-state index in [1.807, 2.05) is 6.92 Å². The molecule has 130 valence electrons. The normalized spacial score (nSPS) is 26.0. The van der Waals surface area contributed by atoms with E-state index in [0.717, 1.165) is 5.56 Å². The molecular formula is C17H23N3O4. The molecule has 7 nitrogen and oxygen atoms in total. The third-order valence-corrected chi connectivity index (χ3v) is 5.29. The minimum atomic E-state index is -0.553. The number of fused-ring (bicyclic) bond motifs is 1. The van der Waals surface area contributed by atoms with Crippen LogP contribution in [0.25, 0.3) is 0 Å². The maximum Gasteiger partial charge on any atom is 0.255 e. The number of rotatable bonds is 3. The van der Waals surface area contributed by atoms with Crippen LogP contribution in [0.2, 0.25) is 0 Å². The average Bonchev–Trinajstić information content (AvgIpc) is 3.01. The topological polar surface area (TPSA) is 80.8 Å². The molecule has 2 amide bonds. The number of nitrogens with zero attached hydrogens (tertiary/aromatic N) is 2. The lowest BCUT2D eigenvalue weighted by Gasteiger charge is -2.36. The standard InChI is InChI=1S/C17H23N3O4/c1-11-13(6-19-7-14(11)23-3)15(21)20-8-12-9-24-5-4-17(12,10-20)16(22)18-2/h6-7,12H,4-5,8-10H2,1-3H3,(H,18,22)/t12-,17+/m1/s1. The molecule has 2 fully saturated rings. The lowest BCUT2D eigenvalue weighted by molar-refractivity contribution is -0.138. The Balaban J connectivity index is 1.89. The highest BCUT2D eigenvalue weighted by Crippen LogP contribution is 2.43. The van der Waals surface area contributed by atoms with Crippen molar-refractivity contribution in [2.45, 2.75) is 13.3 Å². The first-order chi connectivity index (χ1) is 11.5. The number of methoxy groups -OCH3 is 1. The highest BCUT2D eigenvalue weighted by atomic mass is 16.5. The molecule has 0 bridgehead atoms. The van der Waals surface area contributed by atoms with Crippen molar-refractivity contribution in [3.63, 3.8) is 0 Å². The van der Waals surface area contributed by atoms with E-state index >= 15 is 0 Å².